The number of nitrogens with two attached hydrogens (primary N) is 1. The van der Waals surface area contributed by atoms with Crippen LogP contribution in [0.3, 0.4) is 0 Å². The van der Waals surface area contributed by atoms with Crippen LogP contribution in [-0.2, 0) is 6.18 Å². The van der Waals surface area contributed by atoms with Crippen LogP contribution < -0.4 is 5.73 Å². The van der Waals surface area contributed by atoms with Gasteiger partial charge in [-0.2, -0.15) is 18.3 Å². The quantitative estimate of drug-likeness (QED) is 0.733. The molecule has 0 bridgehead atoms. The summed E-state index contributed by atoms with van der Waals surface area (Å²) in [7, 11) is 0. The summed E-state index contributed by atoms with van der Waals surface area (Å²) in [5.74, 6) is -1.07. The Balaban J connectivity index is 2.47. The highest BCUT2D eigenvalue weighted by atomic mass is 19.4. The molecule has 4 N–H and O–H groups in total. The largest absolute Gasteiger partial charge is 0.433 e. The van der Waals surface area contributed by atoms with Gasteiger partial charge in [0, 0.05) is 5.56 Å². The van der Waals surface area contributed by atoms with Crippen LogP contribution in [0.25, 0.3) is 11.3 Å². The Morgan fingerprint density at radius 3 is 2.59 bits per heavy atom. The molecule has 0 aliphatic carbocycles. The van der Waals surface area contributed by atoms with E-state index in [4.69, 9.17) is 5.73 Å². The van der Waals surface area contributed by atoms with Gasteiger partial charge in [-0.05, 0) is 0 Å². The Morgan fingerprint density at radius 1 is 1.35 bits per heavy atom. The molecule has 0 saturated carbocycles. The zero-order valence-corrected chi connectivity index (χ0v) is 8.17. The molecule has 17 heavy (non-hydrogen) atoms. The highest BCUT2D eigenvalue weighted by Crippen LogP contribution is 2.34. The van der Waals surface area contributed by atoms with Gasteiger partial charge in [0.15, 0.2) is 5.82 Å². The smallest absolute Gasteiger partial charge is 0.363 e. The Labute approximate surface area is 92.0 Å². The minimum absolute atomic E-state index is 0.0138. The third kappa shape index (κ3) is 1.98. The van der Waals surface area contributed by atoms with Crippen molar-refractivity contribution in [2.45, 2.75) is 6.18 Å². The summed E-state index contributed by atoms with van der Waals surface area (Å²) < 4.78 is 37.6. The van der Waals surface area contributed by atoms with Crippen LogP contribution in [0.5, 0.6) is 0 Å². The molecule has 0 radical (unpaired) electrons. The predicted octanol–water partition coefficient (Wildman–Crippen LogP) is 0.917. The van der Waals surface area contributed by atoms with Crippen molar-refractivity contribution in [1.82, 2.24) is 20.2 Å². The molecule has 2 aromatic rings. The summed E-state index contributed by atoms with van der Waals surface area (Å²) in [4.78, 5) is 16.7. The molecule has 0 unspecified atom stereocenters. The summed E-state index contributed by atoms with van der Waals surface area (Å²) in [5.41, 5.74) is 3.70. The molecule has 0 fully saturated rings. The van der Waals surface area contributed by atoms with Crippen molar-refractivity contribution in [1.29, 1.82) is 0 Å². The van der Waals surface area contributed by atoms with Crippen LogP contribution in [0.2, 0.25) is 0 Å². The first-order valence-corrected chi connectivity index (χ1v) is 4.35. The Kier molecular flexibility index (Phi) is 2.37. The van der Waals surface area contributed by atoms with E-state index >= 15 is 0 Å². The van der Waals surface area contributed by atoms with Gasteiger partial charge in [-0.25, -0.2) is 4.98 Å². The average Bonchev–Trinajstić information content (AvgIpc) is 2.85. The predicted molar refractivity (Wildman–Crippen MR) is 49.7 cm³/mol. The number of aromatic nitrogens is 4. The van der Waals surface area contributed by atoms with E-state index < -0.39 is 17.8 Å². The van der Waals surface area contributed by atoms with Crippen LogP contribution in [0.1, 0.15) is 16.3 Å². The Morgan fingerprint density at radius 2 is 2.06 bits per heavy atom. The molecule has 0 saturated heterocycles. The van der Waals surface area contributed by atoms with Crippen molar-refractivity contribution in [3.63, 3.8) is 0 Å². The number of rotatable bonds is 2. The molecular weight excluding hydrogens is 239 g/mol. The molecule has 0 aliphatic heterocycles. The molecule has 1 amide bonds. The number of H-pyrrole nitrogens is 2. The lowest BCUT2D eigenvalue weighted by Gasteiger charge is -2.04. The SMILES string of the molecule is NC(=O)c1ncc(-c2cn[nH]c2C(F)(F)F)[nH]1. The van der Waals surface area contributed by atoms with Crippen molar-refractivity contribution in [3.05, 3.63) is 23.9 Å². The summed E-state index contributed by atoms with van der Waals surface area (Å²) in [6.45, 7) is 0. The number of nitrogens with zero attached hydrogens (tertiary/aromatic N) is 2. The maximum absolute atomic E-state index is 12.5. The van der Waals surface area contributed by atoms with Crippen molar-refractivity contribution < 1.29 is 18.0 Å². The van der Waals surface area contributed by atoms with E-state index in [9.17, 15) is 18.0 Å². The van der Waals surface area contributed by atoms with E-state index in [1.54, 1.807) is 0 Å². The fraction of sp³-hybridized carbons (Fsp3) is 0.125. The zero-order chi connectivity index (χ0) is 12.6. The Hall–Kier alpha value is -2.32. The van der Waals surface area contributed by atoms with E-state index in [1.807, 2.05) is 5.10 Å². The van der Waals surface area contributed by atoms with Crippen molar-refractivity contribution >= 4 is 5.91 Å². The minimum Gasteiger partial charge on any atom is -0.363 e. The van der Waals surface area contributed by atoms with E-state index in [0.717, 1.165) is 12.4 Å². The van der Waals surface area contributed by atoms with Gasteiger partial charge >= 0.3 is 6.18 Å². The van der Waals surface area contributed by atoms with Crippen LogP contribution >= 0.6 is 0 Å². The lowest BCUT2D eigenvalue weighted by Crippen LogP contribution is -2.12. The zero-order valence-electron chi connectivity index (χ0n) is 8.17. The molecule has 0 aromatic carbocycles. The topological polar surface area (TPSA) is 100 Å². The highest BCUT2D eigenvalue weighted by molar-refractivity contribution is 5.89. The summed E-state index contributed by atoms with van der Waals surface area (Å²) in [5, 5.41) is 5.15. The maximum Gasteiger partial charge on any atom is 0.433 e. The number of nitrogens with one attached hydrogen (secondary N) is 2. The van der Waals surface area contributed by atoms with Gasteiger partial charge in [0.1, 0.15) is 5.69 Å². The van der Waals surface area contributed by atoms with E-state index in [0.29, 0.717) is 0 Å². The number of imidazole rings is 1. The van der Waals surface area contributed by atoms with Crippen molar-refractivity contribution in [2.24, 2.45) is 5.73 Å². The molecule has 6 nitrogen and oxygen atoms in total. The molecule has 90 valence electrons. The maximum atomic E-state index is 12.5. The third-order valence-electron chi connectivity index (χ3n) is 2.02. The molecule has 2 rings (SSSR count). The summed E-state index contributed by atoms with van der Waals surface area (Å²) in [6.07, 6.45) is -2.49. The standard InChI is InChI=1S/C8H6F3N5O/c9-8(10,11)5-3(1-14-16-5)4-2-13-7(15-4)6(12)17/h1-2H,(H2,12,17)(H,13,15)(H,14,16). The molecule has 2 aromatic heterocycles. The second-order valence-electron chi connectivity index (χ2n) is 3.17. The van der Waals surface area contributed by atoms with E-state index in [2.05, 4.69) is 15.1 Å². The highest BCUT2D eigenvalue weighted by Gasteiger charge is 2.36. The number of halogens is 3. The monoisotopic (exact) mass is 245 g/mol. The number of hydrogen-bond donors (Lipinski definition) is 3. The van der Waals surface area contributed by atoms with Crippen molar-refractivity contribution in [2.75, 3.05) is 0 Å². The van der Waals surface area contributed by atoms with Gasteiger partial charge in [0.25, 0.3) is 5.91 Å². The van der Waals surface area contributed by atoms with Crippen LogP contribution in [0, 0.1) is 0 Å². The molecule has 0 spiro atoms. The van der Waals surface area contributed by atoms with Crippen LogP contribution in [0.15, 0.2) is 12.4 Å². The normalized spacial score (nSPS) is 11.7. The number of aromatic amines is 2. The number of carbonyl (C=O) groups is 1. The molecule has 2 heterocycles. The lowest BCUT2D eigenvalue weighted by molar-refractivity contribution is -0.140. The molecule has 0 aliphatic rings. The number of hydrogen-bond acceptors (Lipinski definition) is 3. The molecule has 9 heteroatoms. The van der Waals surface area contributed by atoms with Gasteiger partial charge in [0.2, 0.25) is 0 Å². The summed E-state index contributed by atoms with van der Waals surface area (Å²) >= 11 is 0. The number of amides is 1. The summed E-state index contributed by atoms with van der Waals surface area (Å²) in [6, 6.07) is 0. The lowest BCUT2D eigenvalue weighted by atomic mass is 10.2. The second-order valence-corrected chi connectivity index (χ2v) is 3.17. The Bertz CT molecular complexity index is 556. The first-order valence-electron chi connectivity index (χ1n) is 4.35. The van der Waals surface area contributed by atoms with Gasteiger partial charge in [-0.1, -0.05) is 0 Å². The number of carbonyl (C=O) groups excluding carboxylic acids is 1. The van der Waals surface area contributed by atoms with Crippen LogP contribution in [0.4, 0.5) is 13.2 Å². The van der Waals surface area contributed by atoms with Crippen molar-refractivity contribution in [3.8, 4) is 11.3 Å². The molecule has 0 atom stereocenters. The number of alkyl halides is 3. The van der Waals surface area contributed by atoms with Crippen LogP contribution in [-0.4, -0.2) is 26.1 Å². The van der Waals surface area contributed by atoms with Gasteiger partial charge in [-0.3, -0.25) is 9.89 Å². The minimum atomic E-state index is -4.57. The second kappa shape index (κ2) is 3.61. The molecular formula is C8H6F3N5O. The first-order chi connectivity index (χ1) is 7.89. The van der Waals surface area contributed by atoms with E-state index in [1.165, 1.54) is 0 Å². The fourth-order valence-electron chi connectivity index (χ4n) is 1.29. The third-order valence-corrected chi connectivity index (χ3v) is 2.02. The average molecular weight is 245 g/mol. The van der Waals surface area contributed by atoms with E-state index in [-0.39, 0.29) is 17.1 Å². The van der Waals surface area contributed by atoms with Gasteiger partial charge in [0.05, 0.1) is 18.1 Å². The fourth-order valence-corrected chi connectivity index (χ4v) is 1.29. The first kappa shape index (κ1) is 11.2. The van der Waals surface area contributed by atoms with Gasteiger partial charge in [-0.15, -0.1) is 0 Å². The number of primary amides is 1. The van der Waals surface area contributed by atoms with Gasteiger partial charge < -0.3 is 10.7 Å².